The highest BCUT2D eigenvalue weighted by Gasteiger charge is 2.62. The number of fused-ring (bicyclic) bond motifs is 1. The number of H-pyrrole nitrogens is 1. The molecule has 2 N–H and O–H groups in total. The van der Waals surface area contributed by atoms with Crippen molar-refractivity contribution in [3.63, 3.8) is 0 Å². The predicted octanol–water partition coefficient (Wildman–Crippen LogP) is -0.477. The molecule has 0 aliphatic carbocycles. The average molecular weight is 319 g/mol. The second kappa shape index (κ2) is 5.10. The highest BCUT2D eigenvalue weighted by Crippen LogP contribution is 2.50. The van der Waals surface area contributed by atoms with Crippen LogP contribution < -0.4 is 11.2 Å². The zero-order valence-electron chi connectivity index (χ0n) is 10.8. The van der Waals surface area contributed by atoms with Gasteiger partial charge in [-0.1, -0.05) is 0 Å². The molecule has 2 aliphatic rings. The number of aliphatic hydroxyl groups is 1. The number of hydrogen-bond donors (Lipinski definition) is 2. The third kappa shape index (κ3) is 2.26. The molecular formula is C11H13FN2O6P+. The number of nitrogens with one attached hydrogen (secondary N) is 1. The van der Waals surface area contributed by atoms with Gasteiger partial charge in [-0.3, -0.25) is 14.3 Å². The number of aromatic amines is 1. The number of hydrogen-bond acceptors (Lipinski definition) is 6. The van der Waals surface area contributed by atoms with E-state index >= 15 is 0 Å². The smallest absolute Gasteiger partial charge is 0.388 e. The van der Waals surface area contributed by atoms with Crippen LogP contribution in [-0.4, -0.2) is 45.8 Å². The summed E-state index contributed by atoms with van der Waals surface area (Å²) >= 11 is 0. The van der Waals surface area contributed by atoms with Crippen LogP contribution in [0.5, 0.6) is 0 Å². The van der Waals surface area contributed by atoms with Crippen molar-refractivity contribution < 1.29 is 23.3 Å². The van der Waals surface area contributed by atoms with Crippen molar-refractivity contribution in [2.24, 2.45) is 5.92 Å². The van der Waals surface area contributed by atoms with Crippen molar-refractivity contribution in [1.29, 1.82) is 0 Å². The van der Waals surface area contributed by atoms with Gasteiger partial charge in [0.05, 0.1) is 5.92 Å². The van der Waals surface area contributed by atoms with E-state index in [-0.39, 0.29) is 12.8 Å². The predicted molar refractivity (Wildman–Crippen MR) is 68.1 cm³/mol. The van der Waals surface area contributed by atoms with E-state index in [1.54, 1.807) is 0 Å². The molecule has 1 aromatic heterocycles. The van der Waals surface area contributed by atoms with E-state index in [1.807, 2.05) is 4.98 Å². The van der Waals surface area contributed by atoms with E-state index in [1.165, 1.54) is 6.20 Å². The first-order valence-corrected chi connectivity index (χ1v) is 7.64. The fraction of sp³-hybridized carbons (Fsp3) is 0.636. The largest absolute Gasteiger partial charge is 0.508 e. The minimum absolute atomic E-state index is 0.0466. The molecule has 3 rings (SSSR count). The van der Waals surface area contributed by atoms with E-state index in [0.29, 0.717) is 0 Å². The van der Waals surface area contributed by atoms with Gasteiger partial charge in [-0.2, -0.15) is 0 Å². The van der Waals surface area contributed by atoms with E-state index in [2.05, 4.69) is 0 Å². The molecule has 8 nitrogen and oxygen atoms in total. The summed E-state index contributed by atoms with van der Waals surface area (Å²) < 4.78 is 36.4. The summed E-state index contributed by atoms with van der Waals surface area (Å²) in [5.74, 6) is -0.747. The molecule has 0 saturated carbocycles. The molecule has 21 heavy (non-hydrogen) atoms. The van der Waals surface area contributed by atoms with Gasteiger partial charge in [-0.25, -0.2) is 9.18 Å². The highest BCUT2D eigenvalue weighted by molar-refractivity contribution is 7.39. The Morgan fingerprint density at radius 2 is 2.33 bits per heavy atom. The Hall–Kier alpha value is -1.41. The second-order valence-electron chi connectivity index (χ2n) is 5.11. The van der Waals surface area contributed by atoms with Crippen LogP contribution >= 0.6 is 8.03 Å². The SMILES string of the molecule is O=c1ccn([C@@H]2O[C@]3(CF)CO[P+](=O)C[C@H]3[C@H]2O)c(=O)[nH]1. The number of nitrogens with zero attached hydrogens (tertiary/aromatic N) is 1. The van der Waals surface area contributed by atoms with E-state index in [4.69, 9.17) is 9.26 Å². The van der Waals surface area contributed by atoms with Gasteiger partial charge in [-0.15, -0.1) is 4.52 Å². The summed E-state index contributed by atoms with van der Waals surface area (Å²) in [6.45, 7) is -1.19. The third-order valence-electron chi connectivity index (χ3n) is 3.89. The lowest BCUT2D eigenvalue weighted by Gasteiger charge is -2.29. The fourth-order valence-electron chi connectivity index (χ4n) is 2.74. The number of aliphatic hydroxyl groups excluding tert-OH is 1. The highest BCUT2D eigenvalue weighted by atomic mass is 31.1. The lowest BCUT2D eigenvalue weighted by molar-refractivity contribution is -0.124. The Morgan fingerprint density at radius 3 is 3.00 bits per heavy atom. The number of rotatable bonds is 2. The zero-order valence-corrected chi connectivity index (χ0v) is 11.7. The molecular weight excluding hydrogens is 306 g/mol. The summed E-state index contributed by atoms with van der Waals surface area (Å²) in [5, 5.41) is 10.3. The zero-order chi connectivity index (χ0) is 15.2. The molecule has 114 valence electrons. The molecule has 0 bridgehead atoms. The van der Waals surface area contributed by atoms with Gasteiger partial charge in [0.1, 0.15) is 25.0 Å². The summed E-state index contributed by atoms with van der Waals surface area (Å²) in [4.78, 5) is 24.9. The Kier molecular flexibility index (Phi) is 3.53. The maximum Gasteiger partial charge on any atom is 0.508 e. The minimum atomic E-state index is -1.99. The van der Waals surface area contributed by atoms with Crippen LogP contribution in [0.25, 0.3) is 0 Å². The van der Waals surface area contributed by atoms with Crippen molar-refractivity contribution in [1.82, 2.24) is 9.55 Å². The van der Waals surface area contributed by atoms with Gasteiger partial charge in [0.15, 0.2) is 12.4 Å². The standard InChI is InChI=1S/C11H12FN2O6P/c12-4-11-5-19-21(18)3-6(11)8(16)9(20-11)14-2-1-7(15)13-10(14)17/h1-2,6,8-9,16H,3-5H2/p+1/t6-,8+,9+,11+/m0/s1. The van der Waals surface area contributed by atoms with Gasteiger partial charge in [0.25, 0.3) is 5.56 Å². The number of ether oxygens (including phenoxy) is 1. The molecule has 0 radical (unpaired) electrons. The van der Waals surface area contributed by atoms with Crippen molar-refractivity contribution in [3.05, 3.63) is 33.1 Å². The van der Waals surface area contributed by atoms with Crippen LogP contribution in [0.15, 0.2) is 21.9 Å². The molecule has 0 aromatic carbocycles. The molecule has 2 aliphatic heterocycles. The first-order valence-electron chi connectivity index (χ1n) is 6.28. The molecule has 10 heteroatoms. The van der Waals surface area contributed by atoms with Crippen LogP contribution in [0.3, 0.4) is 0 Å². The number of alkyl halides is 1. The summed E-state index contributed by atoms with van der Waals surface area (Å²) in [5.41, 5.74) is -2.79. The number of aromatic nitrogens is 2. The minimum Gasteiger partial charge on any atom is -0.388 e. The van der Waals surface area contributed by atoms with Crippen LogP contribution in [0, 0.1) is 5.92 Å². The van der Waals surface area contributed by atoms with Crippen molar-refractivity contribution in [2.75, 3.05) is 19.4 Å². The molecule has 0 spiro atoms. The van der Waals surface area contributed by atoms with Gasteiger partial charge >= 0.3 is 13.7 Å². The van der Waals surface area contributed by atoms with Crippen molar-refractivity contribution >= 4 is 8.03 Å². The first kappa shape index (κ1) is 14.5. The maximum atomic E-state index is 13.4. The Bertz CT molecular complexity index is 690. The van der Waals surface area contributed by atoms with E-state index in [0.717, 1.165) is 10.6 Å². The summed E-state index contributed by atoms with van der Waals surface area (Å²) in [6, 6.07) is 1.10. The Morgan fingerprint density at radius 1 is 1.57 bits per heavy atom. The van der Waals surface area contributed by atoms with E-state index < -0.39 is 49.8 Å². The van der Waals surface area contributed by atoms with Crippen LogP contribution in [0.2, 0.25) is 0 Å². The molecule has 2 fully saturated rings. The van der Waals surface area contributed by atoms with Gasteiger partial charge in [-0.05, 0) is 4.57 Å². The normalized spacial score (nSPS) is 37.4. The van der Waals surface area contributed by atoms with E-state index in [9.17, 15) is 23.7 Å². The maximum absolute atomic E-state index is 13.4. The lowest BCUT2D eigenvalue weighted by atomic mass is 9.88. The Labute approximate surface area is 118 Å². The monoisotopic (exact) mass is 319 g/mol. The Balaban J connectivity index is 2.00. The van der Waals surface area contributed by atoms with Crippen molar-refractivity contribution in [2.45, 2.75) is 17.9 Å². The van der Waals surface area contributed by atoms with Crippen molar-refractivity contribution in [3.8, 4) is 0 Å². The quantitative estimate of drug-likeness (QED) is 0.713. The second-order valence-corrected chi connectivity index (χ2v) is 6.40. The summed E-state index contributed by atoms with van der Waals surface area (Å²) in [7, 11) is -1.99. The van der Waals surface area contributed by atoms with Crippen LogP contribution in [0.1, 0.15) is 6.23 Å². The molecule has 3 heterocycles. The third-order valence-corrected chi connectivity index (χ3v) is 4.99. The van der Waals surface area contributed by atoms with Crippen LogP contribution in [-0.2, 0) is 13.8 Å². The first-order chi connectivity index (χ1) is 9.97. The number of halogens is 1. The fourth-order valence-corrected chi connectivity index (χ4v) is 4.07. The van der Waals surface area contributed by atoms with Gasteiger partial charge < -0.3 is 9.84 Å². The molecule has 2 saturated heterocycles. The topological polar surface area (TPSA) is 111 Å². The molecule has 1 unspecified atom stereocenters. The molecule has 0 amide bonds. The summed E-state index contributed by atoms with van der Waals surface area (Å²) in [6.07, 6.45) is -1.28. The molecule has 5 atom stereocenters. The molecule has 1 aromatic rings. The average Bonchev–Trinajstić information content (AvgIpc) is 2.73. The van der Waals surface area contributed by atoms with Gasteiger partial charge in [0, 0.05) is 12.3 Å². The van der Waals surface area contributed by atoms with Crippen LogP contribution in [0.4, 0.5) is 4.39 Å². The van der Waals surface area contributed by atoms with Gasteiger partial charge in [0.2, 0.25) is 0 Å². The lowest BCUT2D eigenvalue weighted by Crippen LogP contribution is -2.48.